The van der Waals surface area contributed by atoms with Crippen molar-refractivity contribution < 1.29 is 4.79 Å². The number of amides is 1. The number of carbonyl (C=O) groups is 1. The molecule has 0 aromatic heterocycles. The highest BCUT2D eigenvalue weighted by atomic mass is 32.2. The van der Waals surface area contributed by atoms with Crippen LogP contribution in [0.2, 0.25) is 0 Å². The lowest BCUT2D eigenvalue weighted by Crippen LogP contribution is -2.36. The SMILES string of the molecule is CSC1CCC(NCCC(=O)N(C)C)CC1. The lowest BCUT2D eigenvalue weighted by atomic mass is 9.95. The number of nitrogens with zero attached hydrogens (tertiary/aromatic N) is 1. The van der Waals surface area contributed by atoms with Gasteiger partial charge < -0.3 is 10.2 Å². The molecule has 1 rings (SSSR count). The predicted octanol–water partition coefficient (Wildman–Crippen LogP) is 1.73. The average molecular weight is 244 g/mol. The maximum absolute atomic E-state index is 11.4. The van der Waals surface area contributed by atoms with Crippen LogP contribution in [-0.2, 0) is 4.79 Å². The topological polar surface area (TPSA) is 32.3 Å². The van der Waals surface area contributed by atoms with E-state index in [4.69, 9.17) is 0 Å². The number of nitrogens with one attached hydrogen (secondary N) is 1. The molecule has 0 atom stereocenters. The summed E-state index contributed by atoms with van der Waals surface area (Å²) in [6.07, 6.45) is 7.99. The van der Waals surface area contributed by atoms with Gasteiger partial charge in [0.15, 0.2) is 0 Å². The first-order chi connectivity index (χ1) is 7.63. The molecule has 0 radical (unpaired) electrons. The van der Waals surface area contributed by atoms with Crippen molar-refractivity contribution in [3.63, 3.8) is 0 Å². The van der Waals surface area contributed by atoms with Gasteiger partial charge in [-0.1, -0.05) is 0 Å². The smallest absolute Gasteiger partial charge is 0.223 e. The Kier molecular flexibility index (Phi) is 6.21. The molecule has 1 N–H and O–H groups in total. The first-order valence-corrected chi connectivity index (χ1v) is 7.38. The molecule has 4 heteroatoms. The van der Waals surface area contributed by atoms with Crippen molar-refractivity contribution in [2.45, 2.75) is 43.4 Å². The highest BCUT2D eigenvalue weighted by molar-refractivity contribution is 7.99. The zero-order valence-corrected chi connectivity index (χ0v) is 11.5. The van der Waals surface area contributed by atoms with Gasteiger partial charge in [-0.25, -0.2) is 0 Å². The molecule has 3 nitrogen and oxygen atoms in total. The van der Waals surface area contributed by atoms with Gasteiger partial charge in [0.1, 0.15) is 0 Å². The number of carbonyl (C=O) groups excluding carboxylic acids is 1. The summed E-state index contributed by atoms with van der Waals surface area (Å²) in [5, 5.41) is 4.36. The molecule has 0 heterocycles. The van der Waals surface area contributed by atoms with Crippen LogP contribution in [0, 0.1) is 0 Å². The Morgan fingerprint density at radius 2 is 1.94 bits per heavy atom. The van der Waals surface area contributed by atoms with Gasteiger partial charge in [0.2, 0.25) is 5.91 Å². The molecule has 1 saturated carbocycles. The van der Waals surface area contributed by atoms with Crippen LogP contribution in [-0.4, -0.2) is 49.0 Å². The predicted molar refractivity (Wildman–Crippen MR) is 70.9 cm³/mol. The molecule has 1 aliphatic carbocycles. The highest BCUT2D eigenvalue weighted by Crippen LogP contribution is 2.26. The zero-order valence-electron chi connectivity index (χ0n) is 10.7. The van der Waals surface area contributed by atoms with E-state index in [1.807, 2.05) is 25.9 Å². The minimum absolute atomic E-state index is 0.213. The molecule has 0 unspecified atom stereocenters. The van der Waals surface area contributed by atoms with E-state index in [1.165, 1.54) is 25.7 Å². The fourth-order valence-corrected chi connectivity index (χ4v) is 2.85. The van der Waals surface area contributed by atoms with E-state index in [0.717, 1.165) is 11.8 Å². The molecule has 0 bridgehead atoms. The van der Waals surface area contributed by atoms with Gasteiger partial charge in [-0.2, -0.15) is 11.8 Å². The zero-order chi connectivity index (χ0) is 12.0. The molecular formula is C12H24N2OS. The van der Waals surface area contributed by atoms with E-state index in [-0.39, 0.29) is 5.91 Å². The van der Waals surface area contributed by atoms with E-state index in [1.54, 1.807) is 4.90 Å². The van der Waals surface area contributed by atoms with Crippen LogP contribution in [0.4, 0.5) is 0 Å². The maximum atomic E-state index is 11.4. The van der Waals surface area contributed by atoms with E-state index >= 15 is 0 Å². The van der Waals surface area contributed by atoms with Gasteiger partial charge in [0.25, 0.3) is 0 Å². The third-order valence-electron chi connectivity index (χ3n) is 3.28. The molecule has 1 amide bonds. The number of hydrogen-bond donors (Lipinski definition) is 1. The van der Waals surface area contributed by atoms with E-state index in [0.29, 0.717) is 12.5 Å². The monoisotopic (exact) mass is 244 g/mol. The van der Waals surface area contributed by atoms with Gasteiger partial charge >= 0.3 is 0 Å². The molecule has 1 aliphatic rings. The van der Waals surface area contributed by atoms with Crippen LogP contribution >= 0.6 is 11.8 Å². The van der Waals surface area contributed by atoms with Crippen molar-refractivity contribution in [1.82, 2.24) is 10.2 Å². The van der Waals surface area contributed by atoms with Crippen molar-refractivity contribution in [3.8, 4) is 0 Å². The maximum Gasteiger partial charge on any atom is 0.223 e. The van der Waals surface area contributed by atoms with E-state index in [9.17, 15) is 4.79 Å². The third kappa shape index (κ3) is 4.74. The summed E-state index contributed by atoms with van der Waals surface area (Å²) < 4.78 is 0. The Morgan fingerprint density at radius 3 is 2.44 bits per heavy atom. The Labute approximate surface area is 103 Å². The number of hydrogen-bond acceptors (Lipinski definition) is 3. The van der Waals surface area contributed by atoms with Crippen LogP contribution in [0.25, 0.3) is 0 Å². The summed E-state index contributed by atoms with van der Waals surface area (Å²) in [4.78, 5) is 13.0. The molecule has 0 saturated heterocycles. The fraction of sp³-hybridized carbons (Fsp3) is 0.917. The summed E-state index contributed by atoms with van der Waals surface area (Å²) in [5.41, 5.74) is 0. The minimum atomic E-state index is 0.213. The number of rotatable bonds is 5. The standard InChI is InChI=1S/C12H24N2OS/c1-14(2)12(15)8-9-13-10-4-6-11(16-3)7-5-10/h10-11,13H,4-9H2,1-3H3. The van der Waals surface area contributed by atoms with Crippen LogP contribution < -0.4 is 5.32 Å². The van der Waals surface area contributed by atoms with Gasteiger partial charge in [0.05, 0.1) is 0 Å². The molecule has 16 heavy (non-hydrogen) atoms. The second-order valence-corrected chi connectivity index (χ2v) is 5.84. The molecule has 0 spiro atoms. The lowest BCUT2D eigenvalue weighted by molar-refractivity contribution is -0.128. The Bertz CT molecular complexity index is 213. The van der Waals surface area contributed by atoms with Crippen molar-refractivity contribution in [3.05, 3.63) is 0 Å². The van der Waals surface area contributed by atoms with Crippen molar-refractivity contribution in [2.24, 2.45) is 0 Å². The third-order valence-corrected chi connectivity index (χ3v) is 4.42. The van der Waals surface area contributed by atoms with Crippen molar-refractivity contribution >= 4 is 17.7 Å². The largest absolute Gasteiger partial charge is 0.349 e. The minimum Gasteiger partial charge on any atom is -0.349 e. The Hall–Kier alpha value is -0.220. The Balaban J connectivity index is 2.08. The summed E-state index contributed by atoms with van der Waals surface area (Å²) >= 11 is 1.99. The molecule has 0 aromatic rings. The molecule has 0 aromatic carbocycles. The molecule has 94 valence electrons. The second kappa shape index (κ2) is 7.17. The molecular weight excluding hydrogens is 220 g/mol. The lowest BCUT2D eigenvalue weighted by Gasteiger charge is -2.28. The van der Waals surface area contributed by atoms with Crippen LogP contribution in [0.1, 0.15) is 32.1 Å². The summed E-state index contributed by atoms with van der Waals surface area (Å²) in [5.74, 6) is 0.213. The second-order valence-electron chi connectivity index (χ2n) is 4.70. The van der Waals surface area contributed by atoms with Crippen LogP contribution in [0.5, 0.6) is 0 Å². The van der Waals surface area contributed by atoms with Crippen LogP contribution in [0.3, 0.4) is 0 Å². The first kappa shape index (κ1) is 13.8. The number of thioether (sulfide) groups is 1. The molecule has 0 aliphatic heterocycles. The summed E-state index contributed by atoms with van der Waals surface area (Å²) in [7, 11) is 3.62. The van der Waals surface area contributed by atoms with Crippen molar-refractivity contribution in [2.75, 3.05) is 26.9 Å². The van der Waals surface area contributed by atoms with Gasteiger partial charge in [-0.15, -0.1) is 0 Å². The molecule has 1 fully saturated rings. The fourth-order valence-electron chi connectivity index (χ4n) is 2.11. The van der Waals surface area contributed by atoms with Crippen LogP contribution in [0.15, 0.2) is 0 Å². The normalized spacial score (nSPS) is 25.4. The quantitative estimate of drug-likeness (QED) is 0.799. The van der Waals surface area contributed by atoms with Crippen molar-refractivity contribution in [1.29, 1.82) is 0 Å². The summed E-state index contributed by atoms with van der Waals surface area (Å²) in [6, 6.07) is 0.637. The highest BCUT2D eigenvalue weighted by Gasteiger charge is 2.19. The van der Waals surface area contributed by atoms with Gasteiger partial charge in [-0.05, 0) is 31.9 Å². The van der Waals surface area contributed by atoms with E-state index in [2.05, 4.69) is 11.6 Å². The summed E-state index contributed by atoms with van der Waals surface area (Å²) in [6.45, 7) is 0.825. The van der Waals surface area contributed by atoms with Gasteiger partial charge in [-0.3, -0.25) is 4.79 Å². The Morgan fingerprint density at radius 1 is 1.31 bits per heavy atom. The van der Waals surface area contributed by atoms with E-state index < -0.39 is 0 Å². The van der Waals surface area contributed by atoms with Gasteiger partial charge in [0, 0.05) is 38.4 Å². The first-order valence-electron chi connectivity index (χ1n) is 6.09. The average Bonchev–Trinajstić information content (AvgIpc) is 2.29.